The molecule has 0 aliphatic heterocycles. The van der Waals surface area contributed by atoms with Gasteiger partial charge in [-0.15, -0.1) is 10.2 Å². The van der Waals surface area contributed by atoms with E-state index < -0.39 is 5.82 Å². The van der Waals surface area contributed by atoms with Crippen molar-refractivity contribution in [3.63, 3.8) is 0 Å². The molecule has 136 valence electrons. The molecule has 1 aromatic carbocycles. The second-order valence-electron chi connectivity index (χ2n) is 5.82. The molecule has 27 heavy (non-hydrogen) atoms. The van der Waals surface area contributed by atoms with E-state index in [0.717, 1.165) is 5.56 Å². The van der Waals surface area contributed by atoms with Crippen molar-refractivity contribution in [3.05, 3.63) is 65.6 Å². The van der Waals surface area contributed by atoms with Gasteiger partial charge in [-0.1, -0.05) is 18.1 Å². The number of aryl methyl sites for hydroxylation is 1. The molecule has 4 aromatic rings. The van der Waals surface area contributed by atoms with Gasteiger partial charge in [0.15, 0.2) is 17.3 Å². The zero-order valence-electron chi connectivity index (χ0n) is 14.4. The van der Waals surface area contributed by atoms with Crippen LogP contribution < -0.4 is 5.32 Å². The molecule has 0 radical (unpaired) electrons. The van der Waals surface area contributed by atoms with Crippen LogP contribution in [0.1, 0.15) is 28.9 Å². The number of carbonyl (C=O) groups excluding carboxylic acids is 1. The number of hydrogen-bond donors (Lipinski definition) is 1. The van der Waals surface area contributed by atoms with Gasteiger partial charge in [-0.3, -0.25) is 9.20 Å². The van der Waals surface area contributed by atoms with Crippen molar-refractivity contribution >= 4 is 11.6 Å². The fourth-order valence-corrected chi connectivity index (χ4v) is 2.60. The van der Waals surface area contributed by atoms with Crippen molar-refractivity contribution in [1.29, 1.82) is 0 Å². The second-order valence-corrected chi connectivity index (χ2v) is 5.82. The van der Waals surface area contributed by atoms with Gasteiger partial charge in [0.05, 0.1) is 6.54 Å². The van der Waals surface area contributed by atoms with E-state index in [9.17, 15) is 9.18 Å². The number of benzene rings is 1. The number of amides is 1. The molecule has 3 aromatic heterocycles. The van der Waals surface area contributed by atoms with Crippen molar-refractivity contribution in [2.75, 3.05) is 0 Å². The summed E-state index contributed by atoms with van der Waals surface area (Å²) in [6.45, 7) is 2.09. The molecule has 0 spiro atoms. The highest BCUT2D eigenvalue weighted by atomic mass is 19.1. The topological polar surface area (TPSA) is 98.2 Å². The fourth-order valence-electron chi connectivity index (χ4n) is 2.60. The lowest BCUT2D eigenvalue weighted by molar-refractivity contribution is 0.0949. The maximum atomic E-state index is 13.2. The zero-order chi connectivity index (χ0) is 18.8. The molecule has 1 N–H and O–H groups in total. The highest BCUT2D eigenvalue weighted by Gasteiger charge is 2.13. The summed E-state index contributed by atoms with van der Waals surface area (Å²) in [5.74, 6) is 0.739. The Morgan fingerprint density at radius 3 is 2.93 bits per heavy atom. The van der Waals surface area contributed by atoms with Gasteiger partial charge in [0.1, 0.15) is 5.82 Å². The highest BCUT2D eigenvalue weighted by Crippen LogP contribution is 2.19. The van der Waals surface area contributed by atoms with Gasteiger partial charge >= 0.3 is 0 Å². The predicted octanol–water partition coefficient (Wildman–Crippen LogP) is 2.41. The van der Waals surface area contributed by atoms with Crippen LogP contribution in [0.2, 0.25) is 0 Å². The normalized spacial score (nSPS) is 11.0. The Morgan fingerprint density at radius 2 is 2.15 bits per heavy atom. The minimum atomic E-state index is -0.463. The van der Waals surface area contributed by atoms with E-state index in [1.165, 1.54) is 18.2 Å². The van der Waals surface area contributed by atoms with Crippen LogP contribution in [0.5, 0.6) is 0 Å². The number of pyridine rings is 1. The van der Waals surface area contributed by atoms with Gasteiger partial charge in [-0.05, 0) is 30.3 Å². The number of carbonyl (C=O) groups is 1. The zero-order valence-corrected chi connectivity index (χ0v) is 14.4. The van der Waals surface area contributed by atoms with Gasteiger partial charge < -0.3 is 9.84 Å². The highest BCUT2D eigenvalue weighted by molar-refractivity contribution is 5.94. The summed E-state index contributed by atoms with van der Waals surface area (Å²) >= 11 is 0. The quantitative estimate of drug-likeness (QED) is 0.582. The van der Waals surface area contributed by atoms with Crippen LogP contribution in [0.3, 0.4) is 0 Å². The molecule has 0 aliphatic rings. The lowest BCUT2D eigenvalue weighted by atomic mass is 10.2. The van der Waals surface area contributed by atoms with Crippen LogP contribution in [-0.2, 0) is 13.0 Å². The smallest absolute Gasteiger partial charge is 0.258 e. The van der Waals surface area contributed by atoms with E-state index in [-0.39, 0.29) is 18.0 Å². The Bertz CT molecular complexity index is 1120. The van der Waals surface area contributed by atoms with Gasteiger partial charge in [0.2, 0.25) is 0 Å². The standard InChI is InChI=1S/C18H15FN6O2/c1-2-14-21-18(27-24-14)12-6-7-25-15(9-12)22-23-16(25)10-20-17(26)11-4-3-5-13(19)8-11/h3-9H,2,10H2,1H3,(H,20,26). The summed E-state index contributed by atoms with van der Waals surface area (Å²) in [5.41, 5.74) is 1.56. The molecule has 0 saturated heterocycles. The summed E-state index contributed by atoms with van der Waals surface area (Å²) in [6.07, 6.45) is 2.45. The molecule has 0 atom stereocenters. The number of rotatable bonds is 5. The van der Waals surface area contributed by atoms with Crippen LogP contribution in [0.25, 0.3) is 17.1 Å². The summed E-state index contributed by atoms with van der Waals surface area (Å²) in [7, 11) is 0. The van der Waals surface area contributed by atoms with Gasteiger partial charge in [-0.2, -0.15) is 4.98 Å². The third-order valence-electron chi connectivity index (χ3n) is 4.01. The van der Waals surface area contributed by atoms with Crippen LogP contribution in [0.15, 0.2) is 47.1 Å². The SMILES string of the molecule is CCc1noc(-c2ccn3c(CNC(=O)c4cccc(F)c4)nnc3c2)n1. The molecule has 0 aliphatic carbocycles. The number of nitrogens with one attached hydrogen (secondary N) is 1. The Balaban J connectivity index is 1.52. The molecule has 1 amide bonds. The summed E-state index contributed by atoms with van der Waals surface area (Å²) in [6, 6.07) is 9.08. The Hall–Kier alpha value is -3.62. The first-order valence-corrected chi connectivity index (χ1v) is 8.34. The number of nitrogens with zero attached hydrogens (tertiary/aromatic N) is 5. The van der Waals surface area contributed by atoms with E-state index in [0.29, 0.717) is 29.6 Å². The number of hydrogen-bond acceptors (Lipinski definition) is 6. The molecule has 4 rings (SSSR count). The molecule has 0 saturated carbocycles. The molecule has 8 nitrogen and oxygen atoms in total. The monoisotopic (exact) mass is 366 g/mol. The maximum absolute atomic E-state index is 13.2. The van der Waals surface area contributed by atoms with E-state index in [1.54, 1.807) is 28.8 Å². The van der Waals surface area contributed by atoms with Crippen molar-refractivity contribution in [3.8, 4) is 11.5 Å². The van der Waals surface area contributed by atoms with Gasteiger partial charge in [0, 0.05) is 23.7 Å². The van der Waals surface area contributed by atoms with Gasteiger partial charge in [-0.25, -0.2) is 4.39 Å². The average Bonchev–Trinajstić information content (AvgIpc) is 3.32. The van der Waals surface area contributed by atoms with E-state index in [1.807, 2.05) is 6.92 Å². The van der Waals surface area contributed by atoms with Crippen molar-refractivity contribution in [1.82, 2.24) is 30.1 Å². The molecule has 0 fully saturated rings. The van der Waals surface area contributed by atoms with Crippen molar-refractivity contribution in [2.24, 2.45) is 0 Å². The largest absolute Gasteiger partial charge is 0.345 e. The van der Waals surface area contributed by atoms with E-state index >= 15 is 0 Å². The third kappa shape index (κ3) is 3.39. The molecule has 0 unspecified atom stereocenters. The summed E-state index contributed by atoms with van der Waals surface area (Å²) in [4.78, 5) is 16.4. The Morgan fingerprint density at radius 1 is 1.26 bits per heavy atom. The third-order valence-corrected chi connectivity index (χ3v) is 4.01. The first-order valence-electron chi connectivity index (χ1n) is 8.34. The first-order chi connectivity index (χ1) is 13.1. The van der Waals surface area contributed by atoms with Crippen LogP contribution >= 0.6 is 0 Å². The molecular formula is C18H15FN6O2. The summed E-state index contributed by atoms with van der Waals surface area (Å²) < 4.78 is 20.2. The number of halogens is 1. The van der Waals surface area contributed by atoms with Crippen molar-refractivity contribution in [2.45, 2.75) is 19.9 Å². The number of aromatic nitrogens is 5. The van der Waals surface area contributed by atoms with Crippen molar-refractivity contribution < 1.29 is 13.7 Å². The van der Waals surface area contributed by atoms with E-state index in [2.05, 4.69) is 25.7 Å². The maximum Gasteiger partial charge on any atom is 0.258 e. The van der Waals surface area contributed by atoms with Crippen LogP contribution in [0, 0.1) is 5.82 Å². The predicted molar refractivity (Wildman–Crippen MR) is 93.2 cm³/mol. The lowest BCUT2D eigenvalue weighted by Gasteiger charge is -2.04. The molecule has 0 bridgehead atoms. The lowest BCUT2D eigenvalue weighted by Crippen LogP contribution is -2.24. The average molecular weight is 366 g/mol. The molecular weight excluding hydrogens is 351 g/mol. The van der Waals surface area contributed by atoms with Gasteiger partial charge in [0.25, 0.3) is 11.8 Å². The molecule has 3 heterocycles. The molecule has 9 heteroatoms. The summed E-state index contributed by atoms with van der Waals surface area (Å²) in [5, 5.41) is 14.8. The van der Waals surface area contributed by atoms with Crippen LogP contribution in [0.4, 0.5) is 4.39 Å². The first kappa shape index (κ1) is 16.8. The minimum Gasteiger partial charge on any atom is -0.345 e. The van der Waals surface area contributed by atoms with E-state index in [4.69, 9.17) is 4.52 Å². The fraction of sp³-hybridized carbons (Fsp3) is 0.167. The minimum absolute atomic E-state index is 0.149. The second kappa shape index (κ2) is 6.94. The number of fused-ring (bicyclic) bond motifs is 1. The Kier molecular flexibility index (Phi) is 4.33. The Labute approximate surface area is 153 Å². The van der Waals surface area contributed by atoms with Crippen LogP contribution in [-0.4, -0.2) is 30.6 Å².